The Balaban J connectivity index is 1.71. The SMILES string of the molecule is CC(C)CNCc1ccc(NC(=C2C(=O)Nc3ccc([N+](=O)[O-])cc32)c2ccccc2)cc1. The number of hydrogen-bond acceptors (Lipinski definition) is 5. The fourth-order valence-electron chi connectivity index (χ4n) is 3.76. The van der Waals surface area contributed by atoms with E-state index in [4.69, 9.17) is 0 Å². The van der Waals surface area contributed by atoms with Crippen LogP contribution in [0.2, 0.25) is 0 Å². The summed E-state index contributed by atoms with van der Waals surface area (Å²) in [6.45, 7) is 6.07. The Bertz CT molecular complexity index is 1200. The van der Waals surface area contributed by atoms with E-state index in [0.29, 0.717) is 28.4 Å². The highest BCUT2D eigenvalue weighted by molar-refractivity contribution is 6.37. The van der Waals surface area contributed by atoms with Gasteiger partial charge in [-0.2, -0.15) is 0 Å². The lowest BCUT2D eigenvalue weighted by Gasteiger charge is -2.15. The lowest BCUT2D eigenvalue weighted by Crippen LogP contribution is -2.18. The van der Waals surface area contributed by atoms with E-state index in [9.17, 15) is 14.9 Å². The highest BCUT2D eigenvalue weighted by Crippen LogP contribution is 2.39. The van der Waals surface area contributed by atoms with E-state index in [1.54, 1.807) is 6.07 Å². The van der Waals surface area contributed by atoms with Crippen molar-refractivity contribution in [3.63, 3.8) is 0 Å². The van der Waals surface area contributed by atoms with E-state index in [2.05, 4.69) is 29.8 Å². The first-order chi connectivity index (χ1) is 15.9. The summed E-state index contributed by atoms with van der Waals surface area (Å²) in [7, 11) is 0. The summed E-state index contributed by atoms with van der Waals surface area (Å²) in [4.78, 5) is 23.8. The second-order valence-electron chi connectivity index (χ2n) is 8.40. The number of nitro groups is 1. The topological polar surface area (TPSA) is 96.3 Å². The lowest BCUT2D eigenvalue weighted by atomic mass is 9.99. The molecule has 0 unspecified atom stereocenters. The Labute approximate surface area is 192 Å². The summed E-state index contributed by atoms with van der Waals surface area (Å²) < 4.78 is 0. The van der Waals surface area contributed by atoms with Crippen molar-refractivity contribution in [1.82, 2.24) is 5.32 Å². The van der Waals surface area contributed by atoms with Gasteiger partial charge in [0, 0.05) is 35.6 Å². The van der Waals surface area contributed by atoms with Gasteiger partial charge in [0.15, 0.2) is 0 Å². The van der Waals surface area contributed by atoms with Gasteiger partial charge in [-0.25, -0.2) is 0 Å². The van der Waals surface area contributed by atoms with Gasteiger partial charge in [-0.15, -0.1) is 0 Å². The van der Waals surface area contributed by atoms with Crippen LogP contribution in [0.15, 0.2) is 72.8 Å². The molecule has 1 aliphatic rings. The van der Waals surface area contributed by atoms with Crippen LogP contribution in [0, 0.1) is 16.0 Å². The number of benzene rings is 3. The number of fused-ring (bicyclic) bond motifs is 1. The van der Waals surface area contributed by atoms with Crippen LogP contribution in [0.1, 0.15) is 30.5 Å². The molecule has 0 saturated heterocycles. The molecule has 0 atom stereocenters. The molecule has 7 heteroatoms. The number of carbonyl (C=O) groups is 1. The van der Waals surface area contributed by atoms with Crippen LogP contribution in [0.5, 0.6) is 0 Å². The molecule has 4 rings (SSSR count). The van der Waals surface area contributed by atoms with E-state index in [1.165, 1.54) is 12.1 Å². The molecule has 168 valence electrons. The van der Waals surface area contributed by atoms with E-state index < -0.39 is 4.92 Å². The number of nitrogens with zero attached hydrogens (tertiary/aromatic N) is 1. The van der Waals surface area contributed by atoms with Gasteiger partial charge in [0.05, 0.1) is 16.2 Å². The Morgan fingerprint density at radius 2 is 1.76 bits per heavy atom. The summed E-state index contributed by atoms with van der Waals surface area (Å²) >= 11 is 0. The van der Waals surface area contributed by atoms with Gasteiger partial charge in [-0.3, -0.25) is 14.9 Å². The largest absolute Gasteiger partial charge is 0.354 e. The van der Waals surface area contributed by atoms with Crippen molar-refractivity contribution in [1.29, 1.82) is 0 Å². The first-order valence-electron chi connectivity index (χ1n) is 10.9. The molecule has 0 radical (unpaired) electrons. The van der Waals surface area contributed by atoms with E-state index in [0.717, 1.165) is 29.9 Å². The zero-order valence-corrected chi connectivity index (χ0v) is 18.6. The Morgan fingerprint density at radius 1 is 1.03 bits per heavy atom. The van der Waals surface area contributed by atoms with Crippen molar-refractivity contribution in [2.45, 2.75) is 20.4 Å². The molecule has 0 fully saturated rings. The number of rotatable bonds is 8. The van der Waals surface area contributed by atoms with Crippen LogP contribution in [0.25, 0.3) is 11.3 Å². The molecule has 1 aliphatic heterocycles. The smallest absolute Gasteiger partial charge is 0.270 e. The standard InChI is InChI=1S/C26H26N4O3/c1-17(2)15-27-16-18-8-10-20(11-9-18)28-25(19-6-4-3-5-7-19)24-22-14-21(30(32)33)12-13-23(22)29-26(24)31/h3-14,17,27-28H,15-16H2,1-2H3,(H,29,31). The summed E-state index contributed by atoms with van der Waals surface area (Å²) in [6.07, 6.45) is 0. The zero-order chi connectivity index (χ0) is 23.4. The predicted molar refractivity (Wildman–Crippen MR) is 132 cm³/mol. The molecule has 0 spiro atoms. The average Bonchev–Trinajstić information content (AvgIpc) is 3.13. The molecule has 0 bridgehead atoms. The monoisotopic (exact) mass is 442 g/mol. The summed E-state index contributed by atoms with van der Waals surface area (Å²) in [5.74, 6) is 0.286. The molecule has 3 N–H and O–H groups in total. The highest BCUT2D eigenvalue weighted by Gasteiger charge is 2.30. The molecule has 3 aromatic carbocycles. The van der Waals surface area contributed by atoms with Crippen LogP contribution in [0.3, 0.4) is 0 Å². The number of amides is 1. The average molecular weight is 443 g/mol. The maximum Gasteiger partial charge on any atom is 0.270 e. The van der Waals surface area contributed by atoms with E-state index in [-0.39, 0.29) is 11.6 Å². The molecule has 1 heterocycles. The van der Waals surface area contributed by atoms with Crippen LogP contribution < -0.4 is 16.0 Å². The summed E-state index contributed by atoms with van der Waals surface area (Å²) in [5, 5.41) is 21.0. The van der Waals surface area contributed by atoms with E-state index in [1.807, 2.05) is 54.6 Å². The third-order valence-corrected chi connectivity index (χ3v) is 5.38. The number of nitro benzene ring substituents is 1. The number of non-ortho nitro benzene ring substituents is 1. The maximum atomic E-state index is 13.0. The molecule has 3 aromatic rings. The van der Waals surface area contributed by atoms with Gasteiger partial charge >= 0.3 is 0 Å². The van der Waals surface area contributed by atoms with Gasteiger partial charge in [0.1, 0.15) is 0 Å². The van der Waals surface area contributed by atoms with Crippen LogP contribution in [-0.4, -0.2) is 17.4 Å². The quantitative estimate of drug-likeness (QED) is 0.251. The van der Waals surface area contributed by atoms with E-state index >= 15 is 0 Å². The number of nitrogens with one attached hydrogen (secondary N) is 3. The number of carbonyl (C=O) groups excluding carboxylic acids is 1. The third-order valence-electron chi connectivity index (χ3n) is 5.38. The molecule has 0 aromatic heterocycles. The predicted octanol–water partition coefficient (Wildman–Crippen LogP) is 5.27. The molecule has 7 nitrogen and oxygen atoms in total. The second kappa shape index (κ2) is 9.67. The molecule has 1 amide bonds. The molecule has 33 heavy (non-hydrogen) atoms. The number of hydrogen-bond donors (Lipinski definition) is 3. The molecule has 0 aliphatic carbocycles. The Morgan fingerprint density at radius 3 is 2.42 bits per heavy atom. The first-order valence-corrected chi connectivity index (χ1v) is 10.9. The van der Waals surface area contributed by atoms with Crippen LogP contribution in [0.4, 0.5) is 17.1 Å². The van der Waals surface area contributed by atoms with Crippen molar-refractivity contribution in [3.05, 3.63) is 99.6 Å². The summed E-state index contributed by atoms with van der Waals surface area (Å²) in [5.41, 5.74) is 4.77. The van der Waals surface area contributed by atoms with Crippen molar-refractivity contribution in [2.24, 2.45) is 5.92 Å². The molecule has 0 saturated carbocycles. The minimum absolute atomic E-state index is 0.0617. The number of anilines is 2. The van der Waals surface area contributed by atoms with Gasteiger partial charge < -0.3 is 16.0 Å². The molecular weight excluding hydrogens is 416 g/mol. The fourth-order valence-corrected chi connectivity index (χ4v) is 3.76. The van der Waals surface area contributed by atoms with Crippen molar-refractivity contribution in [3.8, 4) is 0 Å². The minimum atomic E-state index is -0.456. The van der Waals surface area contributed by atoms with Gasteiger partial charge in [0.2, 0.25) is 0 Å². The normalized spacial score (nSPS) is 14.1. The summed E-state index contributed by atoms with van der Waals surface area (Å²) in [6, 6.07) is 21.9. The van der Waals surface area contributed by atoms with Gasteiger partial charge in [-0.1, -0.05) is 56.3 Å². The van der Waals surface area contributed by atoms with Crippen LogP contribution in [-0.2, 0) is 11.3 Å². The third kappa shape index (κ3) is 5.10. The zero-order valence-electron chi connectivity index (χ0n) is 18.6. The lowest BCUT2D eigenvalue weighted by molar-refractivity contribution is -0.384. The van der Waals surface area contributed by atoms with Crippen molar-refractivity contribution in [2.75, 3.05) is 17.2 Å². The first kappa shape index (κ1) is 22.2. The Hall–Kier alpha value is -3.97. The molecular formula is C26H26N4O3. The van der Waals surface area contributed by atoms with Crippen molar-refractivity contribution < 1.29 is 9.72 Å². The Kier molecular flexibility index (Phi) is 6.51. The highest BCUT2D eigenvalue weighted by atomic mass is 16.6. The van der Waals surface area contributed by atoms with Gasteiger partial charge in [0.25, 0.3) is 11.6 Å². The second-order valence-corrected chi connectivity index (χ2v) is 8.40. The fraction of sp³-hybridized carbons (Fsp3) is 0.192. The van der Waals surface area contributed by atoms with Crippen molar-refractivity contribution >= 4 is 34.2 Å². The maximum absolute atomic E-state index is 13.0. The van der Waals surface area contributed by atoms with Crippen LogP contribution >= 0.6 is 0 Å². The minimum Gasteiger partial charge on any atom is -0.354 e. The van der Waals surface area contributed by atoms with Gasteiger partial charge in [-0.05, 0) is 41.8 Å².